The molecule has 2 N–H and O–H groups in total. The lowest BCUT2D eigenvalue weighted by molar-refractivity contribution is -0.143. The average Bonchev–Trinajstić information content (AvgIpc) is 3.54. The van der Waals surface area contributed by atoms with Gasteiger partial charge >= 0.3 is 0 Å². The van der Waals surface area contributed by atoms with Crippen molar-refractivity contribution >= 4 is 36.7 Å². The van der Waals surface area contributed by atoms with Gasteiger partial charge < -0.3 is 19.5 Å². The number of carbonyl (C=O) groups is 1. The SMILES string of the molecule is C[Si](C)(C)c1coc(-c2nc(N[C@H]3C4CCC(CC4)[C@@H]3OC=O)nc(-c3c[nH]c4ncc(F)cc34)n2)c1. The Balaban J connectivity index is 1.45. The average molecular weight is 521 g/mol. The Labute approximate surface area is 214 Å². The quantitative estimate of drug-likeness (QED) is 0.270. The number of fused-ring (bicyclic) bond motifs is 4. The molecule has 4 heterocycles. The van der Waals surface area contributed by atoms with Gasteiger partial charge in [-0.1, -0.05) is 19.6 Å². The van der Waals surface area contributed by atoms with E-state index in [4.69, 9.17) is 24.1 Å². The summed E-state index contributed by atoms with van der Waals surface area (Å²) in [5.74, 6) is 1.88. The second-order valence-electron chi connectivity index (χ2n) is 11.0. The van der Waals surface area contributed by atoms with E-state index >= 15 is 0 Å². The maximum Gasteiger partial charge on any atom is 0.293 e. The standard InChI is InChI=1S/C26H29FN6O3Si/c1-37(2,3)17-9-20(35-12-17)25-31-24(19-11-29-23-18(19)8-16(27)10-28-23)32-26(33-25)30-21-14-4-6-15(7-5-14)22(21)36-13-34/h8-15,21-22H,4-7H2,1-3H3,(H,28,29)(H,30,31,32,33)/t14?,15?,21-,22-/m0/s1. The van der Waals surface area contributed by atoms with Gasteiger partial charge in [0.1, 0.15) is 17.6 Å². The molecule has 9 nitrogen and oxygen atoms in total. The highest BCUT2D eigenvalue weighted by Crippen LogP contribution is 2.44. The minimum atomic E-state index is -1.62. The molecule has 3 saturated carbocycles. The van der Waals surface area contributed by atoms with Crippen molar-refractivity contribution in [3.8, 4) is 23.0 Å². The van der Waals surface area contributed by atoms with Crippen molar-refractivity contribution < 1.29 is 18.3 Å². The van der Waals surface area contributed by atoms with Gasteiger partial charge in [0.25, 0.3) is 6.47 Å². The van der Waals surface area contributed by atoms with Gasteiger partial charge in [-0.05, 0) is 54.8 Å². The van der Waals surface area contributed by atoms with Crippen LogP contribution >= 0.6 is 0 Å². The molecular formula is C26H29FN6O3Si. The molecule has 0 aliphatic heterocycles. The van der Waals surface area contributed by atoms with Crippen molar-refractivity contribution in [2.24, 2.45) is 11.8 Å². The van der Waals surface area contributed by atoms with Crippen LogP contribution in [0.15, 0.2) is 35.2 Å². The molecular weight excluding hydrogens is 491 g/mol. The molecule has 0 unspecified atom stereocenters. The van der Waals surface area contributed by atoms with Gasteiger partial charge in [-0.25, -0.2) is 14.4 Å². The van der Waals surface area contributed by atoms with Gasteiger partial charge in [-0.2, -0.15) is 9.97 Å². The Bertz CT molecular complexity index is 1460. The molecule has 4 aromatic heterocycles. The monoisotopic (exact) mass is 520 g/mol. The first kappa shape index (κ1) is 23.8. The minimum Gasteiger partial charge on any atom is -0.462 e. The van der Waals surface area contributed by atoms with Crippen LogP contribution in [-0.2, 0) is 9.53 Å². The normalized spacial score (nSPS) is 23.4. The Hall–Kier alpha value is -3.60. The number of hydrogen-bond acceptors (Lipinski definition) is 8. The second kappa shape index (κ2) is 9.05. The van der Waals surface area contributed by atoms with Gasteiger partial charge in [0.05, 0.1) is 26.6 Å². The fraction of sp³-hybridized carbons (Fsp3) is 0.423. The lowest BCUT2D eigenvalue weighted by atomic mass is 9.66. The first-order valence-electron chi connectivity index (χ1n) is 12.6. The third kappa shape index (κ3) is 4.41. The van der Waals surface area contributed by atoms with Gasteiger partial charge in [0.15, 0.2) is 11.6 Å². The van der Waals surface area contributed by atoms with E-state index < -0.39 is 13.9 Å². The van der Waals surface area contributed by atoms with E-state index in [0.29, 0.717) is 58.3 Å². The number of pyridine rings is 1. The lowest BCUT2D eigenvalue weighted by Gasteiger charge is -2.47. The van der Waals surface area contributed by atoms with Gasteiger partial charge in [0.2, 0.25) is 11.8 Å². The molecule has 11 heteroatoms. The predicted octanol–water partition coefficient (Wildman–Crippen LogP) is 4.50. The molecule has 0 radical (unpaired) electrons. The predicted molar refractivity (Wildman–Crippen MR) is 139 cm³/mol. The fourth-order valence-electron chi connectivity index (χ4n) is 5.68. The van der Waals surface area contributed by atoms with E-state index in [1.165, 1.54) is 12.3 Å². The van der Waals surface area contributed by atoms with Gasteiger partial charge in [-0.3, -0.25) is 4.79 Å². The summed E-state index contributed by atoms with van der Waals surface area (Å²) in [6, 6.07) is 3.30. The second-order valence-corrected chi connectivity index (χ2v) is 16.1. The molecule has 3 fully saturated rings. The van der Waals surface area contributed by atoms with E-state index in [1.54, 1.807) is 12.5 Å². The molecule has 2 bridgehead atoms. The number of aromatic amines is 1. The van der Waals surface area contributed by atoms with Crippen molar-refractivity contribution in [3.05, 3.63) is 36.6 Å². The Morgan fingerprint density at radius 3 is 2.59 bits per heavy atom. The van der Waals surface area contributed by atoms with Crippen LogP contribution in [0.25, 0.3) is 34.0 Å². The van der Waals surface area contributed by atoms with E-state index in [9.17, 15) is 9.18 Å². The summed E-state index contributed by atoms with van der Waals surface area (Å²) >= 11 is 0. The van der Waals surface area contributed by atoms with E-state index in [0.717, 1.165) is 30.9 Å². The molecule has 0 amide bonds. The number of anilines is 1. The number of rotatable bonds is 7. The Morgan fingerprint density at radius 1 is 1.11 bits per heavy atom. The first-order chi connectivity index (χ1) is 17.8. The van der Waals surface area contributed by atoms with Crippen LogP contribution in [-0.4, -0.2) is 51.6 Å². The summed E-state index contributed by atoms with van der Waals surface area (Å²) in [5.41, 5.74) is 1.15. The smallest absolute Gasteiger partial charge is 0.293 e. The molecule has 0 saturated heterocycles. The van der Waals surface area contributed by atoms with E-state index in [2.05, 4.69) is 34.9 Å². The molecule has 2 atom stereocenters. The molecule has 3 aliphatic rings. The zero-order chi connectivity index (χ0) is 25.7. The van der Waals surface area contributed by atoms with Crippen LogP contribution in [0.5, 0.6) is 0 Å². The summed E-state index contributed by atoms with van der Waals surface area (Å²) in [5, 5.41) is 5.20. The largest absolute Gasteiger partial charge is 0.462 e. The summed E-state index contributed by atoms with van der Waals surface area (Å²) in [4.78, 5) is 32.7. The number of carbonyl (C=O) groups excluding carboxylic acids is 1. The van der Waals surface area contributed by atoms with Crippen LogP contribution in [0, 0.1) is 17.7 Å². The molecule has 192 valence electrons. The lowest BCUT2D eigenvalue weighted by Crippen LogP contribution is -2.53. The van der Waals surface area contributed by atoms with Crippen LogP contribution < -0.4 is 10.5 Å². The van der Waals surface area contributed by atoms with Crippen LogP contribution in [0.3, 0.4) is 0 Å². The maximum atomic E-state index is 14.1. The Morgan fingerprint density at radius 2 is 1.86 bits per heavy atom. The molecule has 3 aliphatic carbocycles. The number of H-pyrrole nitrogens is 1. The fourth-order valence-corrected chi connectivity index (χ4v) is 6.66. The third-order valence-corrected chi connectivity index (χ3v) is 9.71. The number of nitrogens with one attached hydrogen (secondary N) is 2. The number of hydrogen-bond donors (Lipinski definition) is 2. The number of furan rings is 1. The molecule has 0 aromatic carbocycles. The van der Waals surface area contributed by atoms with Crippen LogP contribution in [0.1, 0.15) is 25.7 Å². The summed E-state index contributed by atoms with van der Waals surface area (Å²) < 4.78 is 25.5. The first-order valence-corrected chi connectivity index (χ1v) is 16.1. The third-order valence-electron chi connectivity index (χ3n) is 7.71. The van der Waals surface area contributed by atoms with Crippen molar-refractivity contribution in [1.29, 1.82) is 0 Å². The zero-order valence-electron chi connectivity index (χ0n) is 21.0. The molecule has 4 aromatic rings. The number of ether oxygens (including phenoxy) is 1. The Kier molecular flexibility index (Phi) is 5.82. The summed E-state index contributed by atoms with van der Waals surface area (Å²) in [6.07, 6.45) is 8.66. The van der Waals surface area contributed by atoms with Crippen molar-refractivity contribution in [1.82, 2.24) is 24.9 Å². The zero-order valence-corrected chi connectivity index (χ0v) is 22.0. The van der Waals surface area contributed by atoms with Crippen molar-refractivity contribution in [3.63, 3.8) is 0 Å². The van der Waals surface area contributed by atoms with E-state index in [-0.39, 0.29) is 12.1 Å². The number of nitrogens with zero attached hydrogens (tertiary/aromatic N) is 4. The molecule has 7 rings (SSSR count). The van der Waals surface area contributed by atoms with Crippen LogP contribution in [0.2, 0.25) is 19.6 Å². The highest BCUT2D eigenvalue weighted by atomic mass is 28.3. The van der Waals surface area contributed by atoms with Crippen molar-refractivity contribution in [2.45, 2.75) is 57.5 Å². The summed E-state index contributed by atoms with van der Waals surface area (Å²) in [6.45, 7) is 7.27. The number of aromatic nitrogens is 5. The van der Waals surface area contributed by atoms with Gasteiger partial charge in [-0.15, -0.1) is 0 Å². The van der Waals surface area contributed by atoms with Gasteiger partial charge in [0, 0.05) is 17.1 Å². The highest BCUT2D eigenvalue weighted by Gasteiger charge is 2.45. The van der Waals surface area contributed by atoms with E-state index in [1.807, 2.05) is 6.07 Å². The number of halogens is 1. The van der Waals surface area contributed by atoms with Crippen LogP contribution in [0.4, 0.5) is 10.3 Å². The highest BCUT2D eigenvalue weighted by molar-refractivity contribution is 6.88. The molecule has 37 heavy (non-hydrogen) atoms. The summed E-state index contributed by atoms with van der Waals surface area (Å²) in [7, 11) is -1.62. The topological polar surface area (TPSA) is 119 Å². The molecule has 0 spiro atoms. The van der Waals surface area contributed by atoms with Crippen molar-refractivity contribution in [2.75, 3.05) is 5.32 Å². The maximum absolute atomic E-state index is 14.1. The minimum absolute atomic E-state index is 0.1000.